The average molecular weight is 501 g/mol. The monoisotopic (exact) mass is 500 g/mol. The van der Waals surface area contributed by atoms with Gasteiger partial charge in [0.25, 0.3) is 0 Å². The fraction of sp³-hybridized carbons (Fsp3) is 0.400. The molecule has 2 aromatic carbocycles. The number of anilines is 2. The zero-order valence-corrected chi connectivity index (χ0v) is 21.0. The van der Waals surface area contributed by atoms with Crippen LogP contribution >= 0.6 is 23.2 Å². The molecule has 2 amide bonds. The molecule has 1 fully saturated rings. The van der Waals surface area contributed by atoms with E-state index in [1.165, 1.54) is 0 Å². The third kappa shape index (κ3) is 6.21. The topological polar surface area (TPSA) is 82.2 Å². The molecule has 1 aromatic heterocycles. The minimum absolute atomic E-state index is 0.188. The van der Waals surface area contributed by atoms with E-state index in [0.717, 1.165) is 48.0 Å². The number of para-hydroxylation sites is 1. The summed E-state index contributed by atoms with van der Waals surface area (Å²) in [7, 11) is 3.99. The molecule has 0 spiro atoms. The molecule has 3 N–H and O–H groups in total. The molecule has 0 radical (unpaired) electrons. The maximum absolute atomic E-state index is 12.2. The van der Waals surface area contributed by atoms with Crippen molar-refractivity contribution in [1.82, 2.24) is 20.6 Å². The molecule has 1 aliphatic rings. The van der Waals surface area contributed by atoms with Crippen molar-refractivity contribution < 1.29 is 4.79 Å². The van der Waals surface area contributed by atoms with Gasteiger partial charge in [0, 0.05) is 48.7 Å². The maximum Gasteiger partial charge on any atom is 0.315 e. The van der Waals surface area contributed by atoms with Crippen LogP contribution in [0.15, 0.2) is 42.5 Å². The normalized spacial score (nSPS) is 17.9. The van der Waals surface area contributed by atoms with Crippen molar-refractivity contribution in [2.24, 2.45) is 5.92 Å². The molecule has 3 aromatic rings. The fourth-order valence-electron chi connectivity index (χ4n) is 4.30. The van der Waals surface area contributed by atoms with E-state index in [1.54, 1.807) is 12.1 Å². The molecule has 9 heteroatoms. The number of hydrogen-bond acceptors (Lipinski definition) is 5. The molecule has 1 heterocycles. The summed E-state index contributed by atoms with van der Waals surface area (Å²) in [5.41, 5.74) is 1.77. The molecule has 0 saturated heterocycles. The summed E-state index contributed by atoms with van der Waals surface area (Å²) >= 11 is 12.1. The number of halogens is 2. The molecule has 180 valence electrons. The van der Waals surface area contributed by atoms with E-state index in [1.807, 2.05) is 49.3 Å². The molecule has 0 bridgehead atoms. The highest BCUT2D eigenvalue weighted by atomic mass is 35.5. The summed E-state index contributed by atoms with van der Waals surface area (Å²) in [6.45, 7) is 1.02. The zero-order valence-electron chi connectivity index (χ0n) is 19.4. The number of carbonyl (C=O) groups is 1. The highest BCUT2D eigenvalue weighted by Crippen LogP contribution is 2.28. The van der Waals surface area contributed by atoms with Crippen molar-refractivity contribution in [3.05, 3.63) is 58.1 Å². The average Bonchev–Trinajstić information content (AvgIpc) is 2.82. The Balaban J connectivity index is 1.23. The largest absolute Gasteiger partial charge is 0.362 e. The van der Waals surface area contributed by atoms with Crippen LogP contribution in [0.5, 0.6) is 0 Å². The molecule has 4 rings (SSSR count). The Morgan fingerprint density at radius 1 is 1.03 bits per heavy atom. The maximum atomic E-state index is 12.2. The number of carbonyl (C=O) groups excluding carboxylic acids is 1. The quantitative estimate of drug-likeness (QED) is 0.400. The van der Waals surface area contributed by atoms with Gasteiger partial charge in [-0.05, 0) is 61.4 Å². The SMILES string of the molecule is CN(C)c1nc(N[C@H]2CC[C@@H](CNC(=O)NCc3ccc(Cl)cc3Cl)CC2)nc2ccccc12. The number of urea groups is 1. The summed E-state index contributed by atoms with van der Waals surface area (Å²) in [5, 5.41) is 11.5. The van der Waals surface area contributed by atoms with E-state index in [-0.39, 0.29) is 6.03 Å². The number of nitrogens with zero attached hydrogens (tertiary/aromatic N) is 3. The highest BCUT2D eigenvalue weighted by molar-refractivity contribution is 6.35. The standard InChI is InChI=1S/C25H30Cl2N6O/c1-33(2)23-20-5-3-4-6-22(20)31-24(32-23)30-19-11-7-16(8-12-19)14-28-25(34)29-15-17-9-10-18(26)13-21(17)27/h3-6,9-10,13,16,19H,7-8,11-12,14-15H2,1-2H3,(H2,28,29,34)(H,30,31,32)/t16-,19+. The predicted octanol–water partition coefficient (Wildman–Crippen LogP) is 5.47. The van der Waals surface area contributed by atoms with Crippen molar-refractivity contribution in [2.45, 2.75) is 38.3 Å². The third-order valence-electron chi connectivity index (χ3n) is 6.19. The molecule has 7 nitrogen and oxygen atoms in total. The zero-order chi connectivity index (χ0) is 24.1. The second kappa shape index (κ2) is 11.1. The van der Waals surface area contributed by atoms with Gasteiger partial charge in [-0.15, -0.1) is 0 Å². The van der Waals surface area contributed by atoms with Crippen LogP contribution in [-0.4, -0.2) is 42.7 Å². The number of aromatic nitrogens is 2. The first kappa shape index (κ1) is 24.4. The van der Waals surface area contributed by atoms with Gasteiger partial charge in [-0.3, -0.25) is 0 Å². The lowest BCUT2D eigenvalue weighted by Crippen LogP contribution is -2.39. The number of nitrogens with one attached hydrogen (secondary N) is 3. The molecular formula is C25H30Cl2N6O. The van der Waals surface area contributed by atoms with Gasteiger partial charge >= 0.3 is 6.03 Å². The van der Waals surface area contributed by atoms with Gasteiger partial charge in [0.2, 0.25) is 5.95 Å². The van der Waals surface area contributed by atoms with Gasteiger partial charge in [0.1, 0.15) is 5.82 Å². The molecule has 34 heavy (non-hydrogen) atoms. The summed E-state index contributed by atoms with van der Waals surface area (Å²) in [6, 6.07) is 13.5. The van der Waals surface area contributed by atoms with Gasteiger partial charge < -0.3 is 20.9 Å². The van der Waals surface area contributed by atoms with Gasteiger partial charge in [0.05, 0.1) is 5.52 Å². The fourth-order valence-corrected chi connectivity index (χ4v) is 4.77. The first-order valence-electron chi connectivity index (χ1n) is 11.6. The summed E-state index contributed by atoms with van der Waals surface area (Å²) in [4.78, 5) is 23.7. The van der Waals surface area contributed by atoms with Crippen molar-refractivity contribution >= 4 is 51.9 Å². The van der Waals surface area contributed by atoms with Crippen LogP contribution < -0.4 is 20.9 Å². The van der Waals surface area contributed by atoms with E-state index in [9.17, 15) is 4.79 Å². The van der Waals surface area contributed by atoms with Gasteiger partial charge in [0.15, 0.2) is 0 Å². The number of hydrogen-bond donors (Lipinski definition) is 3. The van der Waals surface area contributed by atoms with Crippen molar-refractivity contribution in [2.75, 3.05) is 30.9 Å². The third-order valence-corrected chi connectivity index (χ3v) is 6.78. The highest BCUT2D eigenvalue weighted by Gasteiger charge is 2.22. The van der Waals surface area contributed by atoms with E-state index >= 15 is 0 Å². The second-order valence-electron chi connectivity index (χ2n) is 8.94. The summed E-state index contributed by atoms with van der Waals surface area (Å²) in [6.07, 6.45) is 4.10. The molecule has 1 saturated carbocycles. The minimum atomic E-state index is -0.188. The van der Waals surface area contributed by atoms with Crippen LogP contribution in [0.2, 0.25) is 10.0 Å². The number of fused-ring (bicyclic) bond motifs is 1. The van der Waals surface area contributed by atoms with E-state index < -0.39 is 0 Å². The van der Waals surface area contributed by atoms with Crippen molar-refractivity contribution in [1.29, 1.82) is 0 Å². The lowest BCUT2D eigenvalue weighted by molar-refractivity contribution is 0.235. The van der Waals surface area contributed by atoms with Crippen LogP contribution in [0.4, 0.5) is 16.6 Å². The molecule has 0 atom stereocenters. The Morgan fingerprint density at radius 3 is 2.53 bits per heavy atom. The second-order valence-corrected chi connectivity index (χ2v) is 9.79. The van der Waals surface area contributed by atoms with E-state index in [2.05, 4.69) is 16.0 Å². The smallest absolute Gasteiger partial charge is 0.315 e. The lowest BCUT2D eigenvalue weighted by atomic mass is 9.86. The Kier molecular flexibility index (Phi) is 7.95. The Labute approximate surface area is 210 Å². The van der Waals surface area contributed by atoms with Crippen LogP contribution in [0.1, 0.15) is 31.2 Å². The first-order valence-corrected chi connectivity index (χ1v) is 12.3. The number of rotatable bonds is 7. The summed E-state index contributed by atoms with van der Waals surface area (Å²) in [5.74, 6) is 2.04. The Hall–Kier alpha value is -2.77. The lowest BCUT2D eigenvalue weighted by Gasteiger charge is -2.29. The van der Waals surface area contributed by atoms with Crippen LogP contribution in [-0.2, 0) is 6.54 Å². The van der Waals surface area contributed by atoms with E-state index in [4.69, 9.17) is 33.2 Å². The van der Waals surface area contributed by atoms with Crippen LogP contribution in [0.25, 0.3) is 10.9 Å². The van der Waals surface area contributed by atoms with Gasteiger partial charge in [-0.25, -0.2) is 9.78 Å². The molecule has 0 aliphatic heterocycles. The number of benzene rings is 2. The van der Waals surface area contributed by atoms with Gasteiger partial charge in [-0.2, -0.15) is 4.98 Å². The van der Waals surface area contributed by atoms with Crippen LogP contribution in [0.3, 0.4) is 0 Å². The Bertz CT molecular complexity index is 1150. The Morgan fingerprint density at radius 2 is 1.79 bits per heavy atom. The summed E-state index contributed by atoms with van der Waals surface area (Å²) < 4.78 is 0. The minimum Gasteiger partial charge on any atom is -0.362 e. The first-order chi connectivity index (χ1) is 16.4. The van der Waals surface area contributed by atoms with Gasteiger partial charge in [-0.1, -0.05) is 41.4 Å². The number of amides is 2. The predicted molar refractivity (Wildman–Crippen MR) is 140 cm³/mol. The molecule has 0 unspecified atom stereocenters. The molecule has 1 aliphatic carbocycles. The van der Waals surface area contributed by atoms with E-state index in [0.29, 0.717) is 41.0 Å². The molecular weight excluding hydrogens is 471 g/mol. The van der Waals surface area contributed by atoms with Crippen molar-refractivity contribution in [3.8, 4) is 0 Å². The van der Waals surface area contributed by atoms with Crippen molar-refractivity contribution in [3.63, 3.8) is 0 Å². The van der Waals surface area contributed by atoms with Crippen LogP contribution in [0, 0.1) is 5.92 Å².